The molecule has 0 aromatic heterocycles. The molecule has 9 nitrogen and oxygen atoms in total. The van der Waals surface area contributed by atoms with E-state index in [0.717, 1.165) is 38.5 Å². The number of rotatable bonds is 41. The van der Waals surface area contributed by atoms with E-state index in [2.05, 4.69) is 13.8 Å². The molecule has 0 aliphatic heterocycles. The lowest BCUT2D eigenvalue weighted by molar-refractivity contribution is -0.870. The maximum Gasteiger partial charge on any atom is 0.306 e. The minimum Gasteiger partial charge on any atom is -0.545 e. The normalized spacial score (nSPS) is 12.8. The lowest BCUT2D eigenvalue weighted by atomic mass is 10.0. The van der Waals surface area contributed by atoms with Gasteiger partial charge in [0.1, 0.15) is 13.2 Å². The molecular weight excluding hydrogens is 670 g/mol. The number of aliphatic carboxylic acids is 1. The summed E-state index contributed by atoms with van der Waals surface area (Å²) in [7, 11) is 5.91. The van der Waals surface area contributed by atoms with Crippen molar-refractivity contribution >= 4 is 17.9 Å². The van der Waals surface area contributed by atoms with E-state index in [1.165, 1.54) is 141 Å². The summed E-state index contributed by atoms with van der Waals surface area (Å²) in [4.78, 5) is 36.9. The Hall–Kier alpha value is -1.71. The molecule has 9 heteroatoms. The third-order valence-corrected chi connectivity index (χ3v) is 9.85. The van der Waals surface area contributed by atoms with Gasteiger partial charge in [0.15, 0.2) is 12.4 Å². The first kappa shape index (κ1) is 51.3. The Morgan fingerprint density at radius 2 is 0.849 bits per heavy atom. The second kappa shape index (κ2) is 37.2. The molecule has 0 spiro atoms. The van der Waals surface area contributed by atoms with Crippen molar-refractivity contribution in [1.29, 1.82) is 0 Å². The van der Waals surface area contributed by atoms with E-state index in [-0.39, 0.29) is 32.2 Å². The van der Waals surface area contributed by atoms with Crippen LogP contribution >= 0.6 is 0 Å². The molecular formula is C44H85NO8. The maximum absolute atomic E-state index is 12.7. The van der Waals surface area contributed by atoms with Crippen molar-refractivity contribution in [1.82, 2.24) is 0 Å². The monoisotopic (exact) mass is 756 g/mol. The van der Waals surface area contributed by atoms with E-state index < -0.39 is 24.3 Å². The van der Waals surface area contributed by atoms with Crippen molar-refractivity contribution in [2.24, 2.45) is 0 Å². The molecule has 53 heavy (non-hydrogen) atoms. The Labute approximate surface area is 326 Å². The Morgan fingerprint density at radius 3 is 1.21 bits per heavy atom. The molecule has 0 amide bonds. The highest BCUT2D eigenvalue weighted by Crippen LogP contribution is 2.16. The molecule has 0 radical (unpaired) electrons. The third kappa shape index (κ3) is 38.4. The minimum atomic E-state index is -1.61. The molecule has 2 unspecified atom stereocenters. The standard InChI is InChI=1S/C44H85NO8/c1-6-8-10-12-14-16-18-19-20-21-22-23-24-25-27-29-31-33-35-42(47)53-40(39-52-44(43(48)49)50-37-36-45(3,4)5)38-51-41(46)34-32-30-28-26-17-15-13-11-9-7-2/h40,44H,6-39H2,1-5H3. The van der Waals surface area contributed by atoms with Crippen LogP contribution in [0.1, 0.15) is 206 Å². The second-order valence-corrected chi connectivity index (χ2v) is 16.4. The fraction of sp³-hybridized carbons (Fsp3) is 0.932. The number of carbonyl (C=O) groups is 3. The Morgan fingerprint density at radius 1 is 0.491 bits per heavy atom. The fourth-order valence-corrected chi connectivity index (χ4v) is 6.36. The van der Waals surface area contributed by atoms with Crippen LogP contribution in [-0.4, -0.2) is 82.3 Å². The van der Waals surface area contributed by atoms with Crippen molar-refractivity contribution in [3.05, 3.63) is 0 Å². The van der Waals surface area contributed by atoms with Gasteiger partial charge in [-0.2, -0.15) is 0 Å². The molecule has 0 saturated carbocycles. The zero-order chi connectivity index (χ0) is 39.3. The smallest absolute Gasteiger partial charge is 0.306 e. The lowest BCUT2D eigenvalue weighted by Crippen LogP contribution is -2.44. The number of likely N-dealkylation sites (N-methyl/N-ethyl adjacent to an activating group) is 1. The number of carbonyl (C=O) groups excluding carboxylic acids is 3. The highest BCUT2D eigenvalue weighted by molar-refractivity contribution is 5.70. The van der Waals surface area contributed by atoms with Crippen LogP contribution in [0.25, 0.3) is 0 Å². The van der Waals surface area contributed by atoms with E-state index in [4.69, 9.17) is 18.9 Å². The van der Waals surface area contributed by atoms with Gasteiger partial charge in [-0.3, -0.25) is 9.59 Å². The zero-order valence-corrected chi connectivity index (χ0v) is 35.4. The van der Waals surface area contributed by atoms with Gasteiger partial charge in [0.25, 0.3) is 0 Å². The van der Waals surface area contributed by atoms with E-state index >= 15 is 0 Å². The van der Waals surface area contributed by atoms with E-state index in [1.807, 2.05) is 21.1 Å². The molecule has 0 heterocycles. The van der Waals surface area contributed by atoms with E-state index in [9.17, 15) is 19.5 Å². The topological polar surface area (TPSA) is 111 Å². The summed E-state index contributed by atoms with van der Waals surface area (Å²) in [6.07, 6.45) is 32.8. The average molecular weight is 756 g/mol. The Balaban J connectivity index is 4.36. The number of nitrogens with zero attached hydrogens (tertiary/aromatic N) is 1. The molecule has 0 rings (SSSR count). The maximum atomic E-state index is 12.7. The van der Waals surface area contributed by atoms with Gasteiger partial charge in [-0.25, -0.2) is 0 Å². The van der Waals surface area contributed by atoms with Gasteiger partial charge in [0.05, 0.1) is 40.3 Å². The number of unbranched alkanes of at least 4 members (excludes halogenated alkanes) is 26. The first-order chi connectivity index (χ1) is 25.6. The molecule has 0 aromatic rings. The number of quaternary nitrogens is 1. The number of hydrogen-bond acceptors (Lipinski definition) is 8. The quantitative estimate of drug-likeness (QED) is 0.0263. The van der Waals surface area contributed by atoms with Crippen molar-refractivity contribution < 1.29 is 42.9 Å². The second-order valence-electron chi connectivity index (χ2n) is 16.4. The number of esters is 2. The minimum absolute atomic E-state index is 0.153. The summed E-state index contributed by atoms with van der Waals surface area (Å²) in [6, 6.07) is 0. The Kier molecular flexibility index (Phi) is 36.0. The highest BCUT2D eigenvalue weighted by atomic mass is 16.7. The SMILES string of the molecule is CCCCCCCCCCCCCCCCCCCCC(=O)OC(COC(=O)CCCCCCCCCCCC)COC(OCC[N+](C)(C)C)C(=O)[O-]. The molecule has 0 N–H and O–H groups in total. The first-order valence-corrected chi connectivity index (χ1v) is 22.2. The molecule has 0 aromatic carbocycles. The Bertz CT molecular complexity index is 846. The summed E-state index contributed by atoms with van der Waals surface area (Å²) in [5.41, 5.74) is 0. The van der Waals surface area contributed by atoms with E-state index in [0.29, 0.717) is 17.4 Å². The average Bonchev–Trinajstić information content (AvgIpc) is 3.11. The van der Waals surface area contributed by atoms with Gasteiger partial charge in [0, 0.05) is 12.8 Å². The molecule has 0 aliphatic rings. The van der Waals surface area contributed by atoms with Crippen LogP contribution in [0.15, 0.2) is 0 Å². The van der Waals surface area contributed by atoms with Gasteiger partial charge in [-0.15, -0.1) is 0 Å². The van der Waals surface area contributed by atoms with Crippen LogP contribution in [0.4, 0.5) is 0 Å². The summed E-state index contributed by atoms with van der Waals surface area (Å²) in [5.74, 6) is -2.27. The number of carboxylic acids is 1. The van der Waals surface area contributed by atoms with Crippen LogP contribution in [0, 0.1) is 0 Å². The largest absolute Gasteiger partial charge is 0.545 e. The predicted molar refractivity (Wildman–Crippen MR) is 214 cm³/mol. The zero-order valence-electron chi connectivity index (χ0n) is 35.4. The van der Waals surface area contributed by atoms with Crippen molar-refractivity contribution in [2.45, 2.75) is 219 Å². The fourth-order valence-electron chi connectivity index (χ4n) is 6.36. The molecule has 0 fully saturated rings. The van der Waals surface area contributed by atoms with Crippen LogP contribution in [-0.2, 0) is 33.3 Å². The molecule has 0 bridgehead atoms. The van der Waals surface area contributed by atoms with Gasteiger partial charge in [0.2, 0.25) is 0 Å². The third-order valence-electron chi connectivity index (χ3n) is 9.85. The van der Waals surface area contributed by atoms with Gasteiger partial charge in [-0.05, 0) is 12.8 Å². The number of ether oxygens (including phenoxy) is 4. The van der Waals surface area contributed by atoms with Crippen molar-refractivity contribution in [3.63, 3.8) is 0 Å². The van der Waals surface area contributed by atoms with Crippen molar-refractivity contribution in [2.75, 3.05) is 47.5 Å². The highest BCUT2D eigenvalue weighted by Gasteiger charge is 2.21. The van der Waals surface area contributed by atoms with Gasteiger partial charge >= 0.3 is 11.9 Å². The summed E-state index contributed by atoms with van der Waals surface area (Å²) < 4.78 is 22.5. The first-order valence-electron chi connectivity index (χ1n) is 22.2. The van der Waals surface area contributed by atoms with Crippen molar-refractivity contribution in [3.8, 4) is 0 Å². The van der Waals surface area contributed by atoms with Crippen LogP contribution in [0.2, 0.25) is 0 Å². The summed E-state index contributed by atoms with van der Waals surface area (Å²) in [5, 5.41) is 11.7. The van der Waals surface area contributed by atoms with Crippen LogP contribution in [0.3, 0.4) is 0 Å². The number of carboxylic acid groups (broad SMARTS) is 1. The van der Waals surface area contributed by atoms with Gasteiger partial charge < -0.3 is 33.3 Å². The van der Waals surface area contributed by atoms with E-state index in [1.54, 1.807) is 0 Å². The predicted octanol–water partition coefficient (Wildman–Crippen LogP) is 10.00. The summed E-state index contributed by atoms with van der Waals surface area (Å²) >= 11 is 0. The van der Waals surface area contributed by atoms with Gasteiger partial charge in [-0.1, -0.05) is 181 Å². The molecule has 2 atom stereocenters. The molecule has 0 aliphatic carbocycles. The summed E-state index contributed by atoms with van der Waals surface area (Å²) in [6.45, 7) is 4.75. The molecule has 0 saturated heterocycles. The van der Waals surface area contributed by atoms with Crippen LogP contribution < -0.4 is 5.11 Å². The van der Waals surface area contributed by atoms with Crippen LogP contribution in [0.5, 0.6) is 0 Å². The lowest BCUT2D eigenvalue weighted by Gasteiger charge is -2.26. The molecule has 314 valence electrons. The number of hydrogen-bond donors (Lipinski definition) is 0.